The first-order chi connectivity index (χ1) is 15.2. The van der Waals surface area contributed by atoms with Crippen LogP contribution in [0, 0.1) is 5.92 Å². The topological polar surface area (TPSA) is 87.7 Å². The molecule has 1 aromatic heterocycles. The lowest BCUT2D eigenvalue weighted by Gasteiger charge is -2.49. The van der Waals surface area contributed by atoms with Crippen LogP contribution in [0.2, 0.25) is 0 Å². The second-order valence-corrected chi connectivity index (χ2v) is 12.9. The van der Waals surface area contributed by atoms with Crippen molar-refractivity contribution in [2.24, 2.45) is 5.92 Å². The van der Waals surface area contributed by atoms with E-state index in [0.29, 0.717) is 12.0 Å². The fourth-order valence-corrected chi connectivity index (χ4v) is 7.17. The molecule has 2 atom stereocenters. The van der Waals surface area contributed by atoms with E-state index >= 15 is 0 Å². The van der Waals surface area contributed by atoms with Crippen molar-refractivity contribution in [1.82, 2.24) is 14.9 Å². The minimum Gasteiger partial charge on any atom is -0.370 e. The smallest absolute Gasteiger partial charge is 0.235 e. The molecule has 3 aliphatic rings. The largest absolute Gasteiger partial charge is 0.370 e. The van der Waals surface area contributed by atoms with Gasteiger partial charge in [-0.2, -0.15) is 0 Å². The van der Waals surface area contributed by atoms with Gasteiger partial charge in [0.15, 0.2) is 0 Å². The van der Waals surface area contributed by atoms with Gasteiger partial charge in [0, 0.05) is 41.3 Å². The van der Waals surface area contributed by atoms with Crippen LogP contribution in [0.3, 0.4) is 0 Å². The zero-order valence-corrected chi connectivity index (χ0v) is 21.1. The molecule has 3 heterocycles. The number of hydrogen-bond acceptors (Lipinski definition) is 6. The van der Waals surface area contributed by atoms with Crippen molar-refractivity contribution in [2.75, 3.05) is 32.0 Å². The summed E-state index contributed by atoms with van der Waals surface area (Å²) < 4.78 is 31.7. The van der Waals surface area contributed by atoms with Crippen molar-refractivity contribution in [3.8, 4) is 0 Å². The van der Waals surface area contributed by atoms with Crippen LogP contribution in [-0.4, -0.2) is 63.3 Å². The van der Waals surface area contributed by atoms with E-state index < -0.39 is 10.0 Å². The fraction of sp³-hybridized carbons (Fsp3) is 0.783. The summed E-state index contributed by atoms with van der Waals surface area (Å²) in [5, 5.41) is 2.95. The Kier molecular flexibility index (Phi) is 7.32. The number of fused-ring (bicyclic) bond motifs is 2. The molecule has 1 spiro atoms. The van der Waals surface area contributed by atoms with Crippen molar-refractivity contribution < 1.29 is 17.9 Å². The van der Waals surface area contributed by atoms with E-state index in [1.807, 2.05) is 11.3 Å². The van der Waals surface area contributed by atoms with Crippen molar-refractivity contribution in [3.63, 3.8) is 0 Å². The Bertz CT molecular complexity index is 926. The second kappa shape index (κ2) is 9.70. The Morgan fingerprint density at radius 2 is 2.12 bits per heavy atom. The number of thiophene rings is 1. The molecule has 2 N–H and O–H groups in total. The van der Waals surface area contributed by atoms with Crippen LogP contribution in [0.1, 0.15) is 61.8 Å². The highest BCUT2D eigenvalue weighted by atomic mass is 32.2. The Morgan fingerprint density at radius 1 is 1.34 bits per heavy atom. The van der Waals surface area contributed by atoms with Gasteiger partial charge >= 0.3 is 0 Å². The number of amides is 1. The van der Waals surface area contributed by atoms with Crippen molar-refractivity contribution >= 4 is 27.3 Å². The zero-order chi connectivity index (χ0) is 22.9. The molecule has 4 rings (SSSR count). The zero-order valence-electron chi connectivity index (χ0n) is 19.5. The lowest BCUT2D eigenvalue weighted by atomic mass is 9.76. The number of rotatable bonds is 8. The summed E-state index contributed by atoms with van der Waals surface area (Å²) in [5.74, 6) is 0.325. The molecule has 1 amide bonds. The quantitative estimate of drug-likeness (QED) is 0.593. The number of sulfonamides is 1. The van der Waals surface area contributed by atoms with E-state index in [9.17, 15) is 13.2 Å². The molecule has 0 unspecified atom stereocenters. The van der Waals surface area contributed by atoms with Crippen molar-refractivity contribution in [1.29, 1.82) is 0 Å². The second-order valence-electron chi connectivity index (χ2n) is 9.62. The molecule has 9 heteroatoms. The molecule has 0 aromatic carbocycles. The summed E-state index contributed by atoms with van der Waals surface area (Å²) in [6.45, 7) is 8.88. The van der Waals surface area contributed by atoms with E-state index in [-0.39, 0.29) is 29.8 Å². The van der Waals surface area contributed by atoms with Gasteiger partial charge in [0.25, 0.3) is 0 Å². The number of ether oxygens (including phenoxy) is 1. The molecule has 0 radical (unpaired) electrons. The lowest BCUT2D eigenvalue weighted by Crippen LogP contribution is -2.54. The molecule has 1 aliphatic carbocycles. The number of nitrogens with one attached hydrogen (secondary N) is 2. The van der Waals surface area contributed by atoms with Gasteiger partial charge in [-0.15, -0.1) is 11.3 Å². The molecule has 180 valence electrons. The van der Waals surface area contributed by atoms with Gasteiger partial charge in [0.1, 0.15) is 0 Å². The Morgan fingerprint density at radius 3 is 2.81 bits per heavy atom. The molecular weight excluding hydrogens is 446 g/mol. The molecule has 1 aromatic rings. The maximum Gasteiger partial charge on any atom is 0.235 e. The van der Waals surface area contributed by atoms with Crippen molar-refractivity contribution in [2.45, 2.75) is 77.0 Å². The standard InChI is InChI=1S/C23H37N3O4S2/c1-4-19-12-20-21(31-19)6-9-30-23(20)7-8-26(16(3)13-23)15-17-10-18(11-17)25-22(27)14-24-32(28,29)5-2/h12,16-18,24H,4-11,13-15H2,1-3H3,(H,25,27)/t16-,17?,18?,23+/m0/s1. The molecule has 1 saturated heterocycles. The molecule has 0 bridgehead atoms. The predicted molar refractivity (Wildman–Crippen MR) is 127 cm³/mol. The maximum atomic E-state index is 12.0. The van der Waals surface area contributed by atoms with E-state index in [4.69, 9.17) is 4.74 Å². The van der Waals surface area contributed by atoms with Crippen LogP contribution in [-0.2, 0) is 38.0 Å². The van der Waals surface area contributed by atoms with Crippen LogP contribution >= 0.6 is 11.3 Å². The molecular formula is C23H37N3O4S2. The van der Waals surface area contributed by atoms with Crippen LogP contribution in [0.4, 0.5) is 0 Å². The maximum absolute atomic E-state index is 12.0. The van der Waals surface area contributed by atoms with Crippen LogP contribution in [0.25, 0.3) is 0 Å². The third-order valence-corrected chi connectivity index (χ3v) is 10.1. The van der Waals surface area contributed by atoms with E-state index in [0.717, 1.165) is 58.2 Å². The first-order valence-electron chi connectivity index (χ1n) is 12.0. The summed E-state index contributed by atoms with van der Waals surface area (Å²) in [6, 6.07) is 3.03. The third kappa shape index (κ3) is 5.22. The van der Waals surface area contributed by atoms with Gasteiger partial charge in [-0.05, 0) is 63.5 Å². The van der Waals surface area contributed by atoms with Gasteiger partial charge in [-0.25, -0.2) is 13.1 Å². The highest BCUT2D eigenvalue weighted by Crippen LogP contribution is 2.46. The number of nitrogens with zero attached hydrogens (tertiary/aromatic N) is 1. The Hall–Kier alpha value is -1.00. The fourth-order valence-electron chi connectivity index (χ4n) is 5.44. The van der Waals surface area contributed by atoms with Gasteiger partial charge in [0.2, 0.25) is 15.9 Å². The molecule has 2 fully saturated rings. The first kappa shape index (κ1) is 24.1. The Balaban J connectivity index is 1.24. The average molecular weight is 484 g/mol. The van der Waals surface area contributed by atoms with Crippen molar-refractivity contribution in [3.05, 3.63) is 21.4 Å². The molecule has 1 saturated carbocycles. The molecule has 7 nitrogen and oxygen atoms in total. The number of likely N-dealkylation sites (tertiary alicyclic amines) is 1. The number of piperidine rings is 1. The first-order valence-corrected chi connectivity index (χ1v) is 14.5. The predicted octanol–water partition coefficient (Wildman–Crippen LogP) is 2.40. The summed E-state index contributed by atoms with van der Waals surface area (Å²) in [7, 11) is -3.33. The number of carbonyl (C=O) groups excluding carboxylic acids is 1. The average Bonchev–Trinajstić information content (AvgIpc) is 3.18. The number of hydrogen-bond donors (Lipinski definition) is 2. The van der Waals surface area contributed by atoms with E-state index in [1.54, 1.807) is 6.92 Å². The van der Waals surface area contributed by atoms with Gasteiger partial charge in [-0.3, -0.25) is 4.79 Å². The summed E-state index contributed by atoms with van der Waals surface area (Å²) in [5.41, 5.74) is 1.36. The lowest BCUT2D eigenvalue weighted by molar-refractivity contribution is -0.122. The van der Waals surface area contributed by atoms with Gasteiger partial charge in [0.05, 0.1) is 24.5 Å². The minimum atomic E-state index is -3.33. The molecule has 2 aliphatic heterocycles. The van der Waals surface area contributed by atoms with E-state index in [1.165, 1.54) is 15.3 Å². The third-order valence-electron chi connectivity index (χ3n) is 7.38. The number of aryl methyl sites for hydroxylation is 1. The van der Waals surface area contributed by atoms with Gasteiger partial charge < -0.3 is 15.0 Å². The highest BCUT2D eigenvalue weighted by molar-refractivity contribution is 7.89. The monoisotopic (exact) mass is 483 g/mol. The summed E-state index contributed by atoms with van der Waals surface area (Å²) in [6.07, 6.45) is 6.17. The normalized spacial score (nSPS) is 30.7. The highest BCUT2D eigenvalue weighted by Gasteiger charge is 2.45. The van der Waals surface area contributed by atoms with Crippen LogP contribution in [0.15, 0.2) is 6.07 Å². The SMILES string of the molecule is CCc1cc2c(s1)CCO[C@@]21CCN(CC2CC(NC(=O)CNS(=O)(=O)CC)C2)[C@@H](C)C1. The van der Waals surface area contributed by atoms with E-state index in [2.05, 4.69) is 34.9 Å². The Labute approximate surface area is 196 Å². The molecule has 32 heavy (non-hydrogen) atoms. The number of carbonyl (C=O) groups is 1. The summed E-state index contributed by atoms with van der Waals surface area (Å²) >= 11 is 1.97. The summed E-state index contributed by atoms with van der Waals surface area (Å²) in [4.78, 5) is 17.6. The minimum absolute atomic E-state index is 0.0143. The van der Waals surface area contributed by atoms with Crippen LogP contribution in [0.5, 0.6) is 0 Å². The van der Waals surface area contributed by atoms with Crippen LogP contribution < -0.4 is 10.0 Å². The van der Waals surface area contributed by atoms with Gasteiger partial charge in [-0.1, -0.05) is 6.92 Å².